The van der Waals surface area contributed by atoms with Crippen LogP contribution in [0.2, 0.25) is 0 Å². The highest BCUT2D eigenvalue weighted by atomic mass is 16.1. The van der Waals surface area contributed by atoms with Crippen molar-refractivity contribution in [1.82, 2.24) is 10.6 Å². The van der Waals surface area contributed by atoms with E-state index < -0.39 is 0 Å². The molecule has 1 saturated heterocycles. The van der Waals surface area contributed by atoms with Gasteiger partial charge in [0.1, 0.15) is 0 Å². The van der Waals surface area contributed by atoms with E-state index in [4.69, 9.17) is 0 Å². The van der Waals surface area contributed by atoms with Gasteiger partial charge in [0.05, 0.1) is 5.92 Å². The van der Waals surface area contributed by atoms with E-state index in [9.17, 15) is 4.79 Å². The van der Waals surface area contributed by atoms with Crippen molar-refractivity contribution in [2.24, 2.45) is 11.3 Å². The van der Waals surface area contributed by atoms with Gasteiger partial charge < -0.3 is 10.6 Å². The van der Waals surface area contributed by atoms with Crippen molar-refractivity contribution in [3.63, 3.8) is 0 Å². The number of rotatable bonds is 3. The lowest BCUT2D eigenvalue weighted by Gasteiger charge is -2.22. The lowest BCUT2D eigenvalue weighted by Crippen LogP contribution is -2.41. The maximum Gasteiger partial charge on any atom is 0.224 e. The van der Waals surface area contributed by atoms with Gasteiger partial charge in [0.2, 0.25) is 5.91 Å². The van der Waals surface area contributed by atoms with Crippen LogP contribution >= 0.6 is 0 Å². The lowest BCUT2D eigenvalue weighted by molar-refractivity contribution is -0.125. The van der Waals surface area contributed by atoms with Crippen LogP contribution in [0.5, 0.6) is 0 Å². The molecule has 0 radical (unpaired) electrons. The Kier molecular flexibility index (Phi) is 2.77. The van der Waals surface area contributed by atoms with E-state index in [1.165, 1.54) is 12.8 Å². The van der Waals surface area contributed by atoms with Crippen molar-refractivity contribution in [1.29, 1.82) is 0 Å². The monoisotopic (exact) mass is 196 g/mol. The maximum atomic E-state index is 11.7. The quantitative estimate of drug-likeness (QED) is 0.704. The molecule has 2 fully saturated rings. The van der Waals surface area contributed by atoms with Crippen LogP contribution < -0.4 is 10.6 Å². The van der Waals surface area contributed by atoms with Crippen LogP contribution in [0.15, 0.2) is 0 Å². The summed E-state index contributed by atoms with van der Waals surface area (Å²) in [5.74, 6) is 0.469. The third-order valence-electron chi connectivity index (χ3n) is 3.46. The molecule has 1 saturated carbocycles. The van der Waals surface area contributed by atoms with E-state index in [0.29, 0.717) is 5.41 Å². The molecule has 2 rings (SSSR count). The fraction of sp³-hybridized carbons (Fsp3) is 0.909. The molecule has 2 aliphatic rings. The molecule has 2 N–H and O–H groups in total. The number of carbonyl (C=O) groups excluding carboxylic acids is 1. The molecule has 0 aromatic carbocycles. The number of hydrogen-bond acceptors (Lipinski definition) is 2. The average molecular weight is 196 g/mol. The summed E-state index contributed by atoms with van der Waals surface area (Å²) in [6, 6.07) is 0. The van der Waals surface area contributed by atoms with E-state index in [2.05, 4.69) is 17.6 Å². The summed E-state index contributed by atoms with van der Waals surface area (Å²) in [6.07, 6.45) is 4.73. The number of amides is 1. The Morgan fingerprint density at radius 1 is 1.57 bits per heavy atom. The highest BCUT2D eigenvalue weighted by Gasteiger charge is 2.37. The van der Waals surface area contributed by atoms with Gasteiger partial charge in [-0.15, -0.1) is 0 Å². The second-order valence-corrected chi connectivity index (χ2v) is 5.07. The number of carbonyl (C=O) groups is 1. The summed E-state index contributed by atoms with van der Waals surface area (Å²) in [5.41, 5.74) is 0.428. The maximum absolute atomic E-state index is 11.7. The SMILES string of the molecule is CC1(CNC(=O)C2CCCNC2)CC1. The predicted octanol–water partition coefficient (Wildman–Crippen LogP) is 0.902. The Labute approximate surface area is 85.6 Å². The lowest BCUT2D eigenvalue weighted by atomic mass is 9.98. The molecule has 1 unspecified atom stereocenters. The largest absolute Gasteiger partial charge is 0.355 e. The zero-order valence-corrected chi connectivity index (χ0v) is 8.94. The summed E-state index contributed by atoms with van der Waals surface area (Å²) in [4.78, 5) is 11.7. The molecule has 0 aromatic heterocycles. The summed E-state index contributed by atoms with van der Waals surface area (Å²) in [7, 11) is 0. The Bertz CT molecular complexity index is 217. The highest BCUT2D eigenvalue weighted by molar-refractivity contribution is 5.79. The van der Waals surface area contributed by atoms with Gasteiger partial charge in [-0.1, -0.05) is 6.92 Å². The van der Waals surface area contributed by atoms with Gasteiger partial charge in [-0.2, -0.15) is 0 Å². The van der Waals surface area contributed by atoms with E-state index in [1.54, 1.807) is 0 Å². The molecule has 1 heterocycles. The highest BCUT2D eigenvalue weighted by Crippen LogP contribution is 2.44. The molecule has 0 bridgehead atoms. The number of piperidine rings is 1. The summed E-state index contributed by atoms with van der Waals surface area (Å²) in [5, 5.41) is 6.34. The van der Waals surface area contributed by atoms with Crippen molar-refractivity contribution in [3.8, 4) is 0 Å². The van der Waals surface area contributed by atoms with Gasteiger partial charge in [0.15, 0.2) is 0 Å². The fourth-order valence-corrected chi connectivity index (χ4v) is 1.91. The van der Waals surface area contributed by atoms with E-state index in [1.807, 2.05) is 0 Å². The molecule has 1 atom stereocenters. The molecule has 3 nitrogen and oxygen atoms in total. The summed E-state index contributed by atoms with van der Waals surface area (Å²) >= 11 is 0. The first-order chi connectivity index (χ1) is 6.70. The van der Waals surface area contributed by atoms with E-state index in [0.717, 1.165) is 32.5 Å². The van der Waals surface area contributed by atoms with Crippen LogP contribution in [0.3, 0.4) is 0 Å². The van der Waals surface area contributed by atoms with Crippen LogP contribution in [-0.4, -0.2) is 25.5 Å². The topological polar surface area (TPSA) is 41.1 Å². The predicted molar refractivity (Wildman–Crippen MR) is 55.9 cm³/mol. The third kappa shape index (κ3) is 2.47. The number of hydrogen-bond donors (Lipinski definition) is 2. The molecule has 1 aliphatic heterocycles. The second-order valence-electron chi connectivity index (χ2n) is 5.07. The zero-order valence-electron chi connectivity index (χ0n) is 8.94. The molecule has 0 aromatic rings. The van der Waals surface area contributed by atoms with E-state index in [-0.39, 0.29) is 11.8 Å². The van der Waals surface area contributed by atoms with Gasteiger partial charge >= 0.3 is 0 Å². The van der Waals surface area contributed by atoms with Crippen LogP contribution in [-0.2, 0) is 4.79 Å². The second kappa shape index (κ2) is 3.89. The van der Waals surface area contributed by atoms with Gasteiger partial charge in [-0.05, 0) is 37.6 Å². The van der Waals surface area contributed by atoms with Gasteiger partial charge in [-0.25, -0.2) is 0 Å². The minimum atomic E-state index is 0.214. The minimum Gasteiger partial charge on any atom is -0.355 e. The zero-order chi connectivity index (χ0) is 10.0. The average Bonchev–Trinajstić information content (AvgIpc) is 2.95. The van der Waals surface area contributed by atoms with Gasteiger partial charge in [0.25, 0.3) is 0 Å². The van der Waals surface area contributed by atoms with Crippen LogP contribution in [0, 0.1) is 11.3 Å². The Balaban J connectivity index is 1.71. The molecule has 80 valence electrons. The minimum absolute atomic E-state index is 0.214. The van der Waals surface area contributed by atoms with Crippen LogP contribution in [0.4, 0.5) is 0 Å². The molecule has 3 heteroatoms. The third-order valence-corrected chi connectivity index (χ3v) is 3.46. The van der Waals surface area contributed by atoms with Gasteiger partial charge in [-0.3, -0.25) is 4.79 Å². The molecular weight excluding hydrogens is 176 g/mol. The summed E-state index contributed by atoms with van der Waals surface area (Å²) in [6.45, 7) is 5.05. The van der Waals surface area contributed by atoms with Crippen molar-refractivity contribution >= 4 is 5.91 Å². The normalized spacial score (nSPS) is 29.6. The van der Waals surface area contributed by atoms with Crippen molar-refractivity contribution in [2.45, 2.75) is 32.6 Å². The van der Waals surface area contributed by atoms with Crippen molar-refractivity contribution < 1.29 is 4.79 Å². The molecule has 1 amide bonds. The molecule has 14 heavy (non-hydrogen) atoms. The Morgan fingerprint density at radius 2 is 2.36 bits per heavy atom. The van der Waals surface area contributed by atoms with Crippen LogP contribution in [0.1, 0.15) is 32.6 Å². The first kappa shape index (κ1) is 9.97. The summed E-state index contributed by atoms with van der Waals surface area (Å²) < 4.78 is 0. The smallest absolute Gasteiger partial charge is 0.224 e. The molecular formula is C11H20N2O. The first-order valence-electron chi connectivity index (χ1n) is 5.68. The van der Waals surface area contributed by atoms with E-state index >= 15 is 0 Å². The van der Waals surface area contributed by atoms with Gasteiger partial charge in [0, 0.05) is 13.1 Å². The van der Waals surface area contributed by atoms with Crippen LogP contribution in [0.25, 0.3) is 0 Å². The Morgan fingerprint density at radius 3 is 2.93 bits per heavy atom. The standard InChI is InChI=1S/C11H20N2O/c1-11(4-5-11)8-13-10(14)9-3-2-6-12-7-9/h9,12H,2-8H2,1H3,(H,13,14). The van der Waals surface area contributed by atoms with Crippen molar-refractivity contribution in [3.05, 3.63) is 0 Å². The fourth-order valence-electron chi connectivity index (χ4n) is 1.91. The number of nitrogens with one attached hydrogen (secondary N) is 2. The first-order valence-corrected chi connectivity index (χ1v) is 5.68. The molecule has 1 aliphatic carbocycles. The van der Waals surface area contributed by atoms with Crippen molar-refractivity contribution in [2.75, 3.05) is 19.6 Å². The molecule has 0 spiro atoms. The Hall–Kier alpha value is -0.570.